The topological polar surface area (TPSA) is 116 Å². The maximum absolute atomic E-state index is 8.13. The fourth-order valence-electron chi connectivity index (χ4n) is 13.9. The van der Waals surface area contributed by atoms with E-state index in [9.17, 15) is 0 Å². The summed E-state index contributed by atoms with van der Waals surface area (Å²) in [7, 11) is 0. The van der Waals surface area contributed by atoms with Gasteiger partial charge in [-0.25, -0.2) is 0 Å². The van der Waals surface area contributed by atoms with Gasteiger partial charge in [0.2, 0.25) is 0 Å². The molecule has 0 aliphatic carbocycles. The van der Waals surface area contributed by atoms with E-state index >= 15 is 0 Å². The minimum absolute atomic E-state index is 0. The summed E-state index contributed by atoms with van der Waals surface area (Å²) in [6, 6.07) is 171. The van der Waals surface area contributed by atoms with Crippen LogP contribution in [0.25, 0.3) is 135 Å². The molecule has 0 saturated heterocycles. The molecule has 12 aromatic carbocycles. The standard InChI is InChI=1S/3C19H16N.4C12H10N.2C11H8N.3Ir/c3*1-2-15-13-19(17-11-7-4-8-12-17)20-14-18(15)16-9-5-3-6-10-16;4*1-10-6-5-9-12(13-10)11-7-3-2-4-8-11;2*1-2-6-10(7-3-1)11-8-4-5-9-12-11;;;/h3*3-11,13-14H,2H2,1H3;4*2-7,9H,1H3;2*1-6,8-9H;;;/q9*-1;3*+3/i3*2D;;;;;;;;;. The van der Waals surface area contributed by atoms with E-state index in [0.717, 1.165) is 174 Å². The second-order valence-corrected chi connectivity index (χ2v) is 30.5. The fourth-order valence-corrected chi connectivity index (χ4v) is 13.9. The molecule has 3 unspecified atom stereocenters. The predicted molar refractivity (Wildman–Crippen MR) is 560 cm³/mol. The number of hydrogen-bond acceptors (Lipinski definition) is 9. The largest absolute Gasteiger partial charge is 3.00 e. The second kappa shape index (κ2) is 59.1. The average molecular weight is 2340 g/mol. The Morgan fingerprint density at radius 1 is 0.194 bits per heavy atom. The predicted octanol–water partition coefficient (Wildman–Crippen LogP) is 30.9. The molecule has 0 aliphatic heterocycles. The Hall–Kier alpha value is -15.1. The van der Waals surface area contributed by atoms with Crippen molar-refractivity contribution in [3.8, 4) is 135 Å². The maximum atomic E-state index is 8.13. The Balaban J connectivity index is 0.000000165. The quantitative estimate of drug-likeness (QED) is 0.0925. The molecule has 9 aromatic heterocycles. The molecule has 0 N–H and O–H groups in total. The number of nitrogens with zero attached hydrogens (tertiary/aromatic N) is 9. The number of hydrogen-bond donors (Lipinski definition) is 0. The molecule has 3 atom stereocenters. The van der Waals surface area contributed by atoms with E-state index in [1.54, 1.807) is 12.4 Å². The number of pyridine rings is 9. The van der Waals surface area contributed by atoms with Gasteiger partial charge in [-0.3, -0.25) is 0 Å². The molecular weight excluding hydrogens is 2230 g/mol. The van der Waals surface area contributed by atoms with Crippen molar-refractivity contribution in [1.29, 1.82) is 0 Å². The number of rotatable bonds is 15. The van der Waals surface area contributed by atoms with Crippen molar-refractivity contribution in [3.05, 3.63) is 562 Å². The third kappa shape index (κ3) is 34.0. The first-order chi connectivity index (χ1) is 68.1. The van der Waals surface area contributed by atoms with Crippen LogP contribution in [0.5, 0.6) is 0 Å². The Labute approximate surface area is 866 Å². The SMILES string of the molecule is Cc1cccc(-c2[c-]cccc2)n1.Cc1cccc(-c2[c-]cccc2)n1.Cc1cccc(-c2[c-]cccc2)n1.Cc1cccc(-c2[c-]cccc2)n1.[2H]C(C)c1cc(-c2[c-]cccc2)ncc1-c1ccccc1.[2H]C(C)c1cc(-c2[c-]cccc2)ncc1-c1ccccc1.[2H]C(C)c1cc(-c2[c-]cccc2)ncc1-c1ccccc1.[Ir+3].[Ir+3].[Ir+3].[c-]1ccccc1-c1ccccn1.[c-]1ccccc1-c1ccccn1. The van der Waals surface area contributed by atoms with Crippen LogP contribution in [0.15, 0.2) is 468 Å². The van der Waals surface area contributed by atoms with Gasteiger partial charge < -0.3 is 44.9 Å². The fraction of sp³-hybridized carbons (Fsp3) is 0.0787. The first kappa shape index (κ1) is 101. The number of benzene rings is 12. The van der Waals surface area contributed by atoms with Gasteiger partial charge in [-0.2, -0.15) is 0 Å². The minimum Gasteiger partial charge on any atom is -0.305 e. The van der Waals surface area contributed by atoms with Gasteiger partial charge in [0, 0.05) is 74.6 Å². The van der Waals surface area contributed by atoms with Crippen molar-refractivity contribution in [2.24, 2.45) is 0 Å². The van der Waals surface area contributed by atoms with Crippen molar-refractivity contribution >= 4 is 0 Å². The van der Waals surface area contributed by atoms with Crippen LogP contribution in [0.4, 0.5) is 0 Å². The molecular formula is C127H104Ir3N9. The monoisotopic (exact) mass is 2340 g/mol. The van der Waals surface area contributed by atoms with E-state index in [1.165, 1.54) is 0 Å². The van der Waals surface area contributed by atoms with E-state index < -0.39 is 0 Å². The molecule has 0 fully saturated rings. The zero-order valence-electron chi connectivity index (χ0n) is 81.2. The molecule has 0 aliphatic rings. The first-order valence-electron chi connectivity index (χ1n) is 46.6. The van der Waals surface area contributed by atoms with Gasteiger partial charge in [0.1, 0.15) is 0 Å². The molecule has 0 spiro atoms. The first-order valence-corrected chi connectivity index (χ1v) is 44.9. The van der Waals surface area contributed by atoms with E-state index in [-0.39, 0.29) is 79.5 Å². The van der Waals surface area contributed by atoms with E-state index in [0.29, 0.717) is 0 Å². The van der Waals surface area contributed by atoms with E-state index in [2.05, 4.69) is 136 Å². The second-order valence-electron chi connectivity index (χ2n) is 30.5. The van der Waals surface area contributed by atoms with Crippen LogP contribution >= 0.6 is 0 Å². The molecule has 0 radical (unpaired) electrons. The molecule has 21 aromatic rings. The van der Waals surface area contributed by atoms with Crippen LogP contribution in [-0.4, -0.2) is 44.9 Å². The van der Waals surface area contributed by atoms with Gasteiger partial charge in [-0.1, -0.05) is 203 Å². The number of aryl methyl sites for hydroxylation is 7. The molecule has 9 nitrogen and oxygen atoms in total. The van der Waals surface area contributed by atoms with Gasteiger partial charge in [0.15, 0.2) is 0 Å². The van der Waals surface area contributed by atoms with E-state index in [4.69, 9.17) is 4.11 Å². The van der Waals surface area contributed by atoms with Crippen LogP contribution in [-0.2, 0) is 79.5 Å². The summed E-state index contributed by atoms with van der Waals surface area (Å²) < 4.78 is 24.4. The minimum atomic E-state index is -0.300. The van der Waals surface area contributed by atoms with Crippen molar-refractivity contribution < 1.29 is 64.4 Å². The van der Waals surface area contributed by atoms with Gasteiger partial charge in [-0.15, -0.1) is 323 Å². The normalized spacial score (nSPS) is 10.9. The zero-order chi connectivity index (χ0) is 96.8. The summed E-state index contributed by atoms with van der Waals surface area (Å²) in [4.78, 5) is 39.7. The van der Waals surface area contributed by atoms with Crippen LogP contribution < -0.4 is 0 Å². The molecule has 9 heterocycles. The summed E-state index contributed by atoms with van der Waals surface area (Å²) in [5.41, 5.74) is 31.1. The van der Waals surface area contributed by atoms with Crippen LogP contribution in [0.2, 0.25) is 0 Å². The summed E-state index contributed by atoms with van der Waals surface area (Å²) in [6.45, 7) is 13.6. The van der Waals surface area contributed by atoms with Crippen molar-refractivity contribution in [2.45, 2.75) is 67.7 Å². The Kier molecular flexibility index (Phi) is 43.1. The summed E-state index contributed by atoms with van der Waals surface area (Å²) in [6.07, 6.45) is 8.28. The van der Waals surface area contributed by atoms with Crippen LogP contribution in [0, 0.1) is 82.3 Å². The van der Waals surface area contributed by atoms with Crippen LogP contribution in [0.1, 0.15) is 64.3 Å². The maximum Gasteiger partial charge on any atom is 3.00 e. The molecule has 0 saturated carbocycles. The van der Waals surface area contributed by atoms with Crippen molar-refractivity contribution in [3.63, 3.8) is 0 Å². The molecule has 12 heteroatoms. The smallest absolute Gasteiger partial charge is 0.305 e. The molecule has 0 amide bonds. The summed E-state index contributed by atoms with van der Waals surface area (Å²) >= 11 is 0. The van der Waals surface area contributed by atoms with Gasteiger partial charge in [-0.05, 0) is 168 Å². The average Bonchev–Trinajstić information content (AvgIpc) is 0.810. The molecule has 684 valence electrons. The number of aromatic nitrogens is 9. The Morgan fingerprint density at radius 3 is 0.561 bits per heavy atom. The van der Waals surface area contributed by atoms with Crippen molar-refractivity contribution in [1.82, 2.24) is 44.9 Å². The Bertz CT molecular complexity index is 6360. The van der Waals surface area contributed by atoms with Gasteiger partial charge in [0.25, 0.3) is 0 Å². The van der Waals surface area contributed by atoms with Gasteiger partial charge >= 0.3 is 60.3 Å². The summed E-state index contributed by atoms with van der Waals surface area (Å²) in [5.74, 6) is 0. The third-order valence-electron chi connectivity index (χ3n) is 20.7. The van der Waals surface area contributed by atoms with Crippen LogP contribution in [0.3, 0.4) is 0 Å². The molecule has 21 rings (SSSR count). The van der Waals surface area contributed by atoms with Crippen molar-refractivity contribution in [2.75, 3.05) is 0 Å². The van der Waals surface area contributed by atoms with E-state index in [1.807, 2.05) is 467 Å². The molecule has 139 heavy (non-hydrogen) atoms. The Morgan fingerprint density at radius 2 is 0.381 bits per heavy atom. The third-order valence-corrected chi connectivity index (χ3v) is 20.7. The van der Waals surface area contributed by atoms with Gasteiger partial charge in [0.05, 0.1) is 0 Å². The molecule has 0 bridgehead atoms. The zero-order valence-corrected chi connectivity index (χ0v) is 85.4. The summed E-state index contributed by atoms with van der Waals surface area (Å²) in [5, 5.41) is 0.